The molecular formula is C20H15FN2OS2. The Morgan fingerprint density at radius 3 is 2.58 bits per heavy atom. The van der Waals surface area contributed by atoms with Crippen molar-refractivity contribution in [3.05, 3.63) is 76.6 Å². The van der Waals surface area contributed by atoms with Gasteiger partial charge in [0.05, 0.1) is 4.91 Å². The molecule has 0 bridgehead atoms. The van der Waals surface area contributed by atoms with Gasteiger partial charge in [-0.15, -0.1) is 0 Å². The number of para-hydroxylation sites is 1. The van der Waals surface area contributed by atoms with Crippen LogP contribution in [0.2, 0.25) is 0 Å². The lowest BCUT2D eigenvalue weighted by atomic mass is 10.1. The molecule has 0 aliphatic carbocycles. The van der Waals surface area contributed by atoms with Gasteiger partial charge in [0, 0.05) is 36.3 Å². The molecule has 2 heterocycles. The van der Waals surface area contributed by atoms with Crippen LogP contribution in [0.15, 0.2) is 59.6 Å². The summed E-state index contributed by atoms with van der Waals surface area (Å²) in [6.07, 6.45) is 3.92. The summed E-state index contributed by atoms with van der Waals surface area (Å²) >= 11 is 6.52. The second-order valence-electron chi connectivity index (χ2n) is 6.10. The van der Waals surface area contributed by atoms with Gasteiger partial charge in [0.15, 0.2) is 0 Å². The van der Waals surface area contributed by atoms with Gasteiger partial charge >= 0.3 is 0 Å². The number of amides is 1. The lowest BCUT2D eigenvalue weighted by Crippen LogP contribution is -2.22. The van der Waals surface area contributed by atoms with Crippen molar-refractivity contribution >= 4 is 51.2 Å². The number of carbonyl (C=O) groups excluding carboxylic acids is 1. The molecule has 3 nitrogen and oxygen atoms in total. The molecule has 6 heteroatoms. The first-order valence-corrected chi connectivity index (χ1v) is 9.29. The quantitative estimate of drug-likeness (QED) is 0.487. The number of carbonyl (C=O) groups is 1. The molecule has 0 N–H and O–H groups in total. The predicted molar refractivity (Wildman–Crippen MR) is 108 cm³/mol. The number of aromatic nitrogens is 1. The van der Waals surface area contributed by atoms with Crippen LogP contribution in [0.25, 0.3) is 17.0 Å². The smallest absolute Gasteiger partial charge is 0.265 e. The van der Waals surface area contributed by atoms with E-state index in [1.165, 1.54) is 28.8 Å². The standard InChI is InChI=1S/C20H15FN2OS2/c1-22-19(24)18(26-20(22)25)10-14-12-23(17-5-3-2-4-16(14)17)11-13-6-8-15(21)9-7-13/h2-10,12H,11H2,1H3/b18-10-. The zero-order valence-electron chi connectivity index (χ0n) is 14.0. The summed E-state index contributed by atoms with van der Waals surface area (Å²) < 4.78 is 15.8. The Bertz CT molecular complexity index is 1050. The van der Waals surface area contributed by atoms with Crippen molar-refractivity contribution in [3.8, 4) is 0 Å². The molecule has 2 aromatic carbocycles. The topological polar surface area (TPSA) is 25.2 Å². The van der Waals surface area contributed by atoms with Crippen LogP contribution in [0.4, 0.5) is 4.39 Å². The Kier molecular flexibility index (Phi) is 4.38. The van der Waals surface area contributed by atoms with E-state index in [1.54, 1.807) is 19.2 Å². The number of benzene rings is 2. The summed E-state index contributed by atoms with van der Waals surface area (Å²) in [5.41, 5.74) is 3.05. The average molecular weight is 382 g/mol. The van der Waals surface area contributed by atoms with E-state index in [-0.39, 0.29) is 11.7 Å². The van der Waals surface area contributed by atoms with E-state index in [4.69, 9.17) is 12.2 Å². The summed E-state index contributed by atoms with van der Waals surface area (Å²) in [7, 11) is 1.69. The first-order valence-electron chi connectivity index (χ1n) is 8.07. The van der Waals surface area contributed by atoms with Crippen LogP contribution in [0.3, 0.4) is 0 Å². The Hall–Kier alpha value is -2.44. The van der Waals surface area contributed by atoms with Crippen molar-refractivity contribution in [1.82, 2.24) is 9.47 Å². The van der Waals surface area contributed by atoms with Crippen molar-refractivity contribution in [1.29, 1.82) is 0 Å². The van der Waals surface area contributed by atoms with Crippen LogP contribution in [0.1, 0.15) is 11.1 Å². The van der Waals surface area contributed by atoms with Gasteiger partial charge < -0.3 is 4.57 Å². The van der Waals surface area contributed by atoms with Crippen molar-refractivity contribution in [2.75, 3.05) is 7.05 Å². The van der Waals surface area contributed by atoms with E-state index < -0.39 is 0 Å². The molecule has 3 aromatic rings. The monoisotopic (exact) mass is 382 g/mol. The largest absolute Gasteiger partial charge is 0.342 e. The number of hydrogen-bond donors (Lipinski definition) is 0. The first kappa shape index (κ1) is 17.0. The Labute approximate surface area is 160 Å². The van der Waals surface area contributed by atoms with E-state index in [0.29, 0.717) is 15.8 Å². The van der Waals surface area contributed by atoms with Gasteiger partial charge in [-0.1, -0.05) is 54.3 Å². The molecule has 130 valence electrons. The molecule has 1 amide bonds. The SMILES string of the molecule is CN1C(=O)/C(=C/c2cn(Cc3ccc(F)cc3)c3ccccc23)SC1=S. The van der Waals surface area contributed by atoms with E-state index in [0.717, 1.165) is 22.0 Å². The third kappa shape index (κ3) is 3.06. The number of hydrogen-bond acceptors (Lipinski definition) is 3. The lowest BCUT2D eigenvalue weighted by molar-refractivity contribution is -0.121. The van der Waals surface area contributed by atoms with Crippen LogP contribution >= 0.6 is 24.0 Å². The normalized spacial score (nSPS) is 16.2. The van der Waals surface area contributed by atoms with E-state index in [1.807, 2.05) is 36.5 Å². The van der Waals surface area contributed by atoms with Gasteiger partial charge in [-0.2, -0.15) is 0 Å². The Morgan fingerprint density at radius 1 is 1.15 bits per heavy atom. The summed E-state index contributed by atoms with van der Waals surface area (Å²) in [5.74, 6) is -0.316. The number of thioether (sulfide) groups is 1. The minimum Gasteiger partial charge on any atom is -0.342 e. The van der Waals surface area contributed by atoms with E-state index >= 15 is 0 Å². The zero-order valence-corrected chi connectivity index (χ0v) is 15.6. The number of likely N-dealkylation sites (N-methyl/N-ethyl adjacent to an activating group) is 1. The summed E-state index contributed by atoms with van der Waals surface area (Å²) in [5, 5.41) is 1.07. The maximum absolute atomic E-state index is 13.1. The average Bonchev–Trinajstić information content (AvgIpc) is 3.10. The fourth-order valence-electron chi connectivity index (χ4n) is 2.99. The summed E-state index contributed by atoms with van der Waals surface area (Å²) in [6, 6.07) is 14.5. The van der Waals surface area contributed by atoms with Crippen LogP contribution in [-0.2, 0) is 11.3 Å². The number of rotatable bonds is 3. The van der Waals surface area contributed by atoms with Crippen LogP contribution in [0.5, 0.6) is 0 Å². The fraction of sp³-hybridized carbons (Fsp3) is 0.100. The molecular weight excluding hydrogens is 367 g/mol. The summed E-state index contributed by atoms with van der Waals surface area (Å²) in [6.45, 7) is 0.628. The van der Waals surface area contributed by atoms with Crippen LogP contribution < -0.4 is 0 Å². The number of halogens is 1. The van der Waals surface area contributed by atoms with Crippen molar-refractivity contribution in [3.63, 3.8) is 0 Å². The molecule has 1 aliphatic rings. The van der Waals surface area contributed by atoms with E-state index in [9.17, 15) is 9.18 Å². The molecule has 0 radical (unpaired) electrons. The van der Waals surface area contributed by atoms with Gasteiger partial charge in [0.25, 0.3) is 5.91 Å². The molecule has 0 saturated carbocycles. The van der Waals surface area contributed by atoms with Gasteiger partial charge in [-0.05, 0) is 29.8 Å². The molecule has 26 heavy (non-hydrogen) atoms. The number of nitrogens with zero attached hydrogens (tertiary/aromatic N) is 2. The van der Waals surface area contributed by atoms with Crippen LogP contribution in [-0.4, -0.2) is 26.7 Å². The van der Waals surface area contributed by atoms with Crippen LogP contribution in [0, 0.1) is 5.82 Å². The number of thiocarbonyl (C=S) groups is 1. The fourth-order valence-corrected chi connectivity index (χ4v) is 4.16. The van der Waals surface area contributed by atoms with Gasteiger partial charge in [0.1, 0.15) is 10.1 Å². The summed E-state index contributed by atoms with van der Waals surface area (Å²) in [4.78, 5) is 14.4. The molecule has 0 spiro atoms. The Morgan fingerprint density at radius 2 is 1.88 bits per heavy atom. The van der Waals surface area contributed by atoms with Crippen molar-refractivity contribution in [2.24, 2.45) is 0 Å². The third-order valence-corrected chi connectivity index (χ3v) is 5.84. The predicted octanol–water partition coefficient (Wildman–Crippen LogP) is 4.66. The van der Waals surface area contributed by atoms with Gasteiger partial charge in [-0.25, -0.2) is 4.39 Å². The number of fused-ring (bicyclic) bond motifs is 1. The van der Waals surface area contributed by atoms with Gasteiger partial charge in [-0.3, -0.25) is 9.69 Å². The minimum atomic E-state index is -0.242. The second kappa shape index (κ2) is 6.70. The first-order chi connectivity index (χ1) is 12.5. The zero-order chi connectivity index (χ0) is 18.3. The maximum Gasteiger partial charge on any atom is 0.265 e. The lowest BCUT2D eigenvalue weighted by Gasteiger charge is -2.05. The Balaban J connectivity index is 1.76. The molecule has 0 unspecified atom stereocenters. The minimum absolute atomic E-state index is 0.0737. The van der Waals surface area contributed by atoms with Crippen molar-refractivity contribution < 1.29 is 9.18 Å². The molecule has 4 rings (SSSR count). The van der Waals surface area contributed by atoms with Crippen molar-refractivity contribution in [2.45, 2.75) is 6.54 Å². The highest BCUT2D eigenvalue weighted by atomic mass is 32.2. The molecule has 1 aliphatic heterocycles. The molecule has 0 atom stereocenters. The third-order valence-electron chi connectivity index (χ3n) is 4.36. The highest BCUT2D eigenvalue weighted by molar-refractivity contribution is 8.26. The second-order valence-corrected chi connectivity index (χ2v) is 7.77. The highest BCUT2D eigenvalue weighted by Crippen LogP contribution is 2.33. The molecule has 1 saturated heterocycles. The molecule has 1 fully saturated rings. The maximum atomic E-state index is 13.1. The van der Waals surface area contributed by atoms with E-state index in [2.05, 4.69) is 4.57 Å². The van der Waals surface area contributed by atoms with Gasteiger partial charge in [0.2, 0.25) is 0 Å². The highest BCUT2D eigenvalue weighted by Gasteiger charge is 2.29. The molecule has 1 aromatic heterocycles.